The van der Waals surface area contributed by atoms with Gasteiger partial charge in [-0.25, -0.2) is 0 Å². The van der Waals surface area contributed by atoms with E-state index in [-0.39, 0.29) is 0 Å². The van der Waals surface area contributed by atoms with E-state index in [1.165, 1.54) is 0 Å². The third-order valence-electron chi connectivity index (χ3n) is 1.42. The summed E-state index contributed by atoms with van der Waals surface area (Å²) in [5.74, 6) is 0. The van der Waals surface area contributed by atoms with Crippen LogP contribution in [0.15, 0.2) is 24.5 Å². The number of aromatic nitrogens is 2. The minimum Gasteiger partial charge on any atom is -0.397 e. The molecule has 0 aromatic carbocycles. The standard InChI is InChI=1S/C7H7N3.C2H6/c8-5-3-7-6(10-4-5)1-2-9-7;1-2/h1-4,9H,8H2;1-2H3. The lowest BCUT2D eigenvalue weighted by atomic mass is 10.3. The molecule has 2 aromatic rings. The fraction of sp³-hybridized carbons (Fsp3) is 0.222. The molecule has 2 aromatic heterocycles. The predicted molar refractivity (Wildman–Crippen MR) is 51.9 cm³/mol. The van der Waals surface area contributed by atoms with Crippen molar-refractivity contribution in [2.75, 3.05) is 5.73 Å². The zero-order valence-corrected chi connectivity index (χ0v) is 7.33. The van der Waals surface area contributed by atoms with Crippen molar-refractivity contribution >= 4 is 16.7 Å². The number of H-pyrrole nitrogens is 1. The van der Waals surface area contributed by atoms with Crippen LogP contribution < -0.4 is 5.73 Å². The Morgan fingerprint density at radius 2 is 2.17 bits per heavy atom. The number of rotatable bonds is 0. The molecule has 64 valence electrons. The Morgan fingerprint density at radius 3 is 2.92 bits per heavy atom. The van der Waals surface area contributed by atoms with E-state index in [4.69, 9.17) is 5.73 Å². The normalized spacial score (nSPS) is 9.17. The Balaban J connectivity index is 0.000000336. The molecule has 0 spiro atoms. The van der Waals surface area contributed by atoms with Gasteiger partial charge in [0.2, 0.25) is 0 Å². The number of fused-ring (bicyclic) bond motifs is 1. The maximum atomic E-state index is 5.50. The SMILES string of the molecule is CC.Nc1cnc2cc[nH]c2c1. The molecule has 0 saturated carbocycles. The van der Waals surface area contributed by atoms with Crippen molar-refractivity contribution in [2.45, 2.75) is 13.8 Å². The average Bonchev–Trinajstić information content (AvgIpc) is 2.54. The number of aromatic amines is 1. The van der Waals surface area contributed by atoms with E-state index >= 15 is 0 Å². The van der Waals surface area contributed by atoms with E-state index in [1.54, 1.807) is 6.20 Å². The maximum Gasteiger partial charge on any atom is 0.0880 e. The summed E-state index contributed by atoms with van der Waals surface area (Å²) in [6.45, 7) is 4.00. The van der Waals surface area contributed by atoms with E-state index < -0.39 is 0 Å². The Kier molecular flexibility index (Phi) is 2.69. The van der Waals surface area contributed by atoms with Gasteiger partial charge in [-0.3, -0.25) is 4.98 Å². The topological polar surface area (TPSA) is 54.7 Å². The average molecular weight is 163 g/mol. The van der Waals surface area contributed by atoms with Crippen molar-refractivity contribution in [3.8, 4) is 0 Å². The summed E-state index contributed by atoms with van der Waals surface area (Å²) >= 11 is 0. The van der Waals surface area contributed by atoms with Gasteiger partial charge in [0.25, 0.3) is 0 Å². The van der Waals surface area contributed by atoms with E-state index in [9.17, 15) is 0 Å². The van der Waals surface area contributed by atoms with Crippen LogP contribution in [0.5, 0.6) is 0 Å². The molecular weight excluding hydrogens is 150 g/mol. The highest BCUT2D eigenvalue weighted by Crippen LogP contribution is 2.10. The summed E-state index contributed by atoms with van der Waals surface area (Å²) in [5.41, 5.74) is 8.13. The quantitative estimate of drug-likeness (QED) is 0.625. The second-order valence-corrected chi connectivity index (χ2v) is 2.18. The van der Waals surface area contributed by atoms with Gasteiger partial charge in [-0.1, -0.05) is 13.8 Å². The van der Waals surface area contributed by atoms with Gasteiger partial charge in [-0.2, -0.15) is 0 Å². The monoisotopic (exact) mass is 163 g/mol. The van der Waals surface area contributed by atoms with Gasteiger partial charge in [0.15, 0.2) is 0 Å². The van der Waals surface area contributed by atoms with Gasteiger partial charge in [0.05, 0.1) is 22.9 Å². The van der Waals surface area contributed by atoms with Crippen molar-refractivity contribution in [3.05, 3.63) is 24.5 Å². The molecule has 0 aliphatic carbocycles. The fourth-order valence-corrected chi connectivity index (χ4v) is 0.950. The number of nitrogens with one attached hydrogen (secondary N) is 1. The molecule has 0 aliphatic rings. The highest BCUT2D eigenvalue weighted by Gasteiger charge is 1.93. The van der Waals surface area contributed by atoms with Crippen LogP contribution in [0.4, 0.5) is 5.69 Å². The summed E-state index contributed by atoms with van der Waals surface area (Å²) in [6.07, 6.45) is 3.49. The molecule has 3 heteroatoms. The van der Waals surface area contributed by atoms with Gasteiger partial charge >= 0.3 is 0 Å². The highest BCUT2D eigenvalue weighted by atomic mass is 14.8. The first kappa shape index (κ1) is 8.59. The molecule has 0 fully saturated rings. The molecule has 0 unspecified atom stereocenters. The zero-order valence-electron chi connectivity index (χ0n) is 7.33. The first-order valence-electron chi connectivity index (χ1n) is 4.05. The molecule has 0 atom stereocenters. The number of nitrogens with zero attached hydrogens (tertiary/aromatic N) is 1. The van der Waals surface area contributed by atoms with Crippen molar-refractivity contribution in [1.29, 1.82) is 0 Å². The summed E-state index contributed by atoms with van der Waals surface area (Å²) in [4.78, 5) is 7.10. The van der Waals surface area contributed by atoms with Crippen molar-refractivity contribution in [2.24, 2.45) is 0 Å². The van der Waals surface area contributed by atoms with Crippen molar-refractivity contribution < 1.29 is 0 Å². The minimum absolute atomic E-state index is 0.690. The van der Waals surface area contributed by atoms with Gasteiger partial charge in [0, 0.05) is 6.20 Å². The Bertz CT molecular complexity index is 351. The predicted octanol–water partition coefficient (Wildman–Crippen LogP) is 2.17. The molecular formula is C9H13N3. The number of pyridine rings is 1. The molecule has 3 nitrogen and oxygen atoms in total. The molecule has 2 heterocycles. The Hall–Kier alpha value is -1.51. The van der Waals surface area contributed by atoms with E-state index in [1.807, 2.05) is 32.2 Å². The van der Waals surface area contributed by atoms with Crippen LogP contribution in [0, 0.1) is 0 Å². The summed E-state index contributed by atoms with van der Waals surface area (Å²) < 4.78 is 0. The largest absolute Gasteiger partial charge is 0.397 e. The van der Waals surface area contributed by atoms with Crippen LogP contribution in [0.1, 0.15) is 13.8 Å². The lowest BCUT2D eigenvalue weighted by Gasteiger charge is -1.90. The van der Waals surface area contributed by atoms with E-state index in [2.05, 4.69) is 9.97 Å². The zero-order chi connectivity index (χ0) is 8.97. The van der Waals surface area contributed by atoms with Crippen LogP contribution in [0.25, 0.3) is 11.0 Å². The van der Waals surface area contributed by atoms with E-state index in [0.29, 0.717) is 5.69 Å². The maximum absolute atomic E-state index is 5.50. The first-order chi connectivity index (χ1) is 5.86. The Morgan fingerprint density at radius 1 is 1.42 bits per heavy atom. The molecule has 0 amide bonds. The first-order valence-corrected chi connectivity index (χ1v) is 4.05. The summed E-state index contributed by atoms with van der Waals surface area (Å²) in [7, 11) is 0. The third-order valence-corrected chi connectivity index (χ3v) is 1.42. The van der Waals surface area contributed by atoms with E-state index in [0.717, 1.165) is 11.0 Å². The van der Waals surface area contributed by atoms with Crippen LogP contribution in [-0.2, 0) is 0 Å². The van der Waals surface area contributed by atoms with Crippen LogP contribution in [-0.4, -0.2) is 9.97 Å². The summed E-state index contributed by atoms with van der Waals surface area (Å²) in [5, 5.41) is 0. The molecule has 0 saturated heterocycles. The second-order valence-electron chi connectivity index (χ2n) is 2.18. The second kappa shape index (κ2) is 3.76. The molecule has 2 rings (SSSR count). The Labute approximate surface area is 71.6 Å². The molecule has 0 aliphatic heterocycles. The molecule has 0 bridgehead atoms. The van der Waals surface area contributed by atoms with Gasteiger partial charge < -0.3 is 10.7 Å². The number of hydrogen-bond acceptors (Lipinski definition) is 2. The smallest absolute Gasteiger partial charge is 0.0880 e. The number of anilines is 1. The van der Waals surface area contributed by atoms with Crippen molar-refractivity contribution in [3.63, 3.8) is 0 Å². The van der Waals surface area contributed by atoms with Crippen LogP contribution >= 0.6 is 0 Å². The van der Waals surface area contributed by atoms with Gasteiger partial charge in [0.1, 0.15) is 0 Å². The van der Waals surface area contributed by atoms with Crippen LogP contribution in [0.2, 0.25) is 0 Å². The summed E-state index contributed by atoms with van der Waals surface area (Å²) in [6, 6.07) is 3.77. The number of nitrogen functional groups attached to an aromatic ring is 1. The fourth-order valence-electron chi connectivity index (χ4n) is 0.950. The van der Waals surface area contributed by atoms with Crippen molar-refractivity contribution in [1.82, 2.24) is 9.97 Å². The van der Waals surface area contributed by atoms with Gasteiger partial charge in [-0.05, 0) is 12.1 Å². The van der Waals surface area contributed by atoms with Crippen LogP contribution in [0.3, 0.4) is 0 Å². The highest BCUT2D eigenvalue weighted by molar-refractivity contribution is 5.77. The lowest BCUT2D eigenvalue weighted by Crippen LogP contribution is -1.84. The minimum atomic E-state index is 0.690. The molecule has 0 radical (unpaired) electrons. The number of nitrogens with two attached hydrogens (primary N) is 1. The lowest BCUT2D eigenvalue weighted by molar-refractivity contribution is 1.41. The molecule has 3 N–H and O–H groups in total. The third kappa shape index (κ3) is 1.56. The number of hydrogen-bond donors (Lipinski definition) is 2. The van der Waals surface area contributed by atoms with Gasteiger partial charge in [-0.15, -0.1) is 0 Å². The molecule has 12 heavy (non-hydrogen) atoms.